The standard InChI is InChI=1S/C14H9O/c1-2-5-11(6-3-1)12-7-4-8-14-13(12)9-10-15-14/h1-5,7-10H. The quantitative estimate of drug-likeness (QED) is 0.571. The summed E-state index contributed by atoms with van der Waals surface area (Å²) in [5, 5.41) is 1.14. The predicted molar refractivity (Wildman–Crippen MR) is 60.5 cm³/mol. The van der Waals surface area contributed by atoms with Crippen molar-refractivity contribution < 1.29 is 4.42 Å². The van der Waals surface area contributed by atoms with Crippen LogP contribution in [0.2, 0.25) is 0 Å². The Hall–Kier alpha value is -2.02. The molecule has 2 aromatic carbocycles. The first-order chi connectivity index (χ1) is 7.45. The maximum absolute atomic E-state index is 5.37. The summed E-state index contributed by atoms with van der Waals surface area (Å²) in [6.07, 6.45) is 1.72. The van der Waals surface area contributed by atoms with Gasteiger partial charge in [-0.25, -0.2) is 0 Å². The molecule has 3 aromatic rings. The van der Waals surface area contributed by atoms with E-state index in [1.165, 1.54) is 5.56 Å². The molecule has 15 heavy (non-hydrogen) atoms. The van der Waals surface area contributed by atoms with Crippen molar-refractivity contribution in [3.8, 4) is 11.1 Å². The van der Waals surface area contributed by atoms with E-state index in [9.17, 15) is 0 Å². The van der Waals surface area contributed by atoms with E-state index < -0.39 is 0 Å². The van der Waals surface area contributed by atoms with Crippen molar-refractivity contribution in [2.45, 2.75) is 0 Å². The summed E-state index contributed by atoms with van der Waals surface area (Å²) in [5.74, 6) is 0. The molecule has 0 amide bonds. The lowest BCUT2D eigenvalue weighted by Crippen LogP contribution is -1.77. The van der Waals surface area contributed by atoms with Gasteiger partial charge in [-0.3, -0.25) is 0 Å². The molecule has 0 saturated heterocycles. The van der Waals surface area contributed by atoms with Crippen LogP contribution in [-0.4, -0.2) is 0 Å². The molecule has 0 unspecified atom stereocenters. The maximum atomic E-state index is 5.37. The third kappa shape index (κ3) is 1.33. The zero-order chi connectivity index (χ0) is 10.1. The highest BCUT2D eigenvalue weighted by atomic mass is 16.3. The number of rotatable bonds is 1. The normalized spacial score (nSPS) is 10.7. The average Bonchev–Trinajstić information content (AvgIpc) is 2.78. The monoisotopic (exact) mass is 193 g/mol. The Kier molecular flexibility index (Phi) is 1.82. The zero-order valence-electron chi connectivity index (χ0n) is 8.10. The first-order valence-corrected chi connectivity index (χ1v) is 4.88. The highest BCUT2D eigenvalue weighted by Gasteiger charge is 2.04. The maximum Gasteiger partial charge on any atom is 0.134 e. The van der Waals surface area contributed by atoms with Crippen LogP contribution < -0.4 is 0 Å². The minimum Gasteiger partial charge on any atom is -0.464 e. The third-order valence-corrected chi connectivity index (χ3v) is 2.50. The van der Waals surface area contributed by atoms with Crippen LogP contribution in [0, 0.1) is 6.07 Å². The Bertz CT molecular complexity index is 578. The van der Waals surface area contributed by atoms with Gasteiger partial charge in [-0.15, -0.1) is 0 Å². The summed E-state index contributed by atoms with van der Waals surface area (Å²) >= 11 is 0. The Morgan fingerprint density at radius 1 is 0.933 bits per heavy atom. The van der Waals surface area contributed by atoms with Gasteiger partial charge in [-0.05, 0) is 29.3 Å². The molecule has 0 aliphatic carbocycles. The van der Waals surface area contributed by atoms with Crippen molar-refractivity contribution >= 4 is 11.0 Å². The Labute approximate surface area is 88.0 Å². The molecule has 0 atom stereocenters. The predicted octanol–water partition coefficient (Wildman–Crippen LogP) is 3.90. The second-order valence-electron chi connectivity index (χ2n) is 3.41. The van der Waals surface area contributed by atoms with Crippen molar-refractivity contribution in [2.24, 2.45) is 0 Å². The molecular formula is C14H9O. The van der Waals surface area contributed by atoms with Crippen molar-refractivity contribution in [2.75, 3.05) is 0 Å². The fourth-order valence-corrected chi connectivity index (χ4v) is 1.79. The van der Waals surface area contributed by atoms with Gasteiger partial charge in [0.1, 0.15) is 5.58 Å². The van der Waals surface area contributed by atoms with E-state index in [2.05, 4.69) is 18.2 Å². The largest absolute Gasteiger partial charge is 0.464 e. The first kappa shape index (κ1) is 8.30. The van der Waals surface area contributed by atoms with Crippen LogP contribution in [0.5, 0.6) is 0 Å². The fraction of sp³-hybridized carbons (Fsp3) is 0. The molecule has 71 valence electrons. The van der Waals surface area contributed by atoms with Gasteiger partial charge in [0.15, 0.2) is 0 Å². The molecule has 3 rings (SSSR count). The van der Waals surface area contributed by atoms with E-state index in [0.717, 1.165) is 16.5 Å². The van der Waals surface area contributed by atoms with Crippen molar-refractivity contribution in [3.05, 3.63) is 60.9 Å². The molecule has 0 bridgehead atoms. The lowest BCUT2D eigenvalue weighted by atomic mass is 10.0. The summed E-state index contributed by atoms with van der Waals surface area (Å²) < 4.78 is 5.37. The van der Waals surface area contributed by atoms with Crippen LogP contribution in [-0.2, 0) is 0 Å². The lowest BCUT2D eigenvalue weighted by molar-refractivity contribution is 0.616. The Morgan fingerprint density at radius 3 is 2.80 bits per heavy atom. The molecular weight excluding hydrogens is 184 g/mol. The van der Waals surface area contributed by atoms with Gasteiger partial charge < -0.3 is 4.42 Å². The Morgan fingerprint density at radius 2 is 1.93 bits per heavy atom. The van der Waals surface area contributed by atoms with Crippen LogP contribution in [0.15, 0.2) is 59.2 Å². The first-order valence-electron chi connectivity index (χ1n) is 4.88. The molecule has 0 fully saturated rings. The molecule has 0 spiro atoms. The van der Waals surface area contributed by atoms with Gasteiger partial charge in [0, 0.05) is 5.39 Å². The number of fused-ring (bicyclic) bond motifs is 1. The molecule has 1 aromatic heterocycles. The number of hydrogen-bond acceptors (Lipinski definition) is 1. The van der Waals surface area contributed by atoms with Gasteiger partial charge in [0.05, 0.1) is 6.26 Å². The minimum atomic E-state index is 0.921. The van der Waals surface area contributed by atoms with Gasteiger partial charge >= 0.3 is 0 Å². The fourth-order valence-electron chi connectivity index (χ4n) is 1.79. The molecule has 1 heteroatoms. The van der Waals surface area contributed by atoms with Crippen molar-refractivity contribution in [3.63, 3.8) is 0 Å². The van der Waals surface area contributed by atoms with E-state index in [0.29, 0.717) is 0 Å². The molecule has 0 N–H and O–H groups in total. The van der Waals surface area contributed by atoms with Gasteiger partial charge in [0.25, 0.3) is 0 Å². The highest BCUT2D eigenvalue weighted by molar-refractivity contribution is 5.93. The topological polar surface area (TPSA) is 13.1 Å². The molecule has 0 saturated carbocycles. The second kappa shape index (κ2) is 3.28. The van der Waals surface area contributed by atoms with Crippen molar-refractivity contribution in [1.82, 2.24) is 0 Å². The Balaban J connectivity index is 2.31. The van der Waals surface area contributed by atoms with Crippen LogP contribution in [0.1, 0.15) is 0 Å². The molecule has 1 radical (unpaired) electrons. The van der Waals surface area contributed by atoms with Crippen LogP contribution in [0.3, 0.4) is 0 Å². The van der Waals surface area contributed by atoms with Crippen LogP contribution >= 0.6 is 0 Å². The zero-order valence-corrected chi connectivity index (χ0v) is 8.10. The van der Waals surface area contributed by atoms with Crippen molar-refractivity contribution in [1.29, 1.82) is 0 Å². The molecule has 1 nitrogen and oxygen atoms in total. The van der Waals surface area contributed by atoms with Crippen LogP contribution in [0.25, 0.3) is 22.1 Å². The van der Waals surface area contributed by atoms with Gasteiger partial charge in [0.2, 0.25) is 0 Å². The summed E-state index contributed by atoms with van der Waals surface area (Å²) in [5.41, 5.74) is 3.19. The van der Waals surface area contributed by atoms with E-state index in [1.807, 2.05) is 36.4 Å². The number of benzene rings is 2. The summed E-state index contributed by atoms with van der Waals surface area (Å²) in [4.78, 5) is 0. The number of hydrogen-bond donors (Lipinski definition) is 0. The van der Waals surface area contributed by atoms with Gasteiger partial charge in [-0.1, -0.05) is 36.4 Å². The van der Waals surface area contributed by atoms with E-state index >= 15 is 0 Å². The summed E-state index contributed by atoms with van der Waals surface area (Å²) in [7, 11) is 0. The number of furan rings is 1. The van der Waals surface area contributed by atoms with E-state index in [-0.39, 0.29) is 0 Å². The average molecular weight is 193 g/mol. The molecule has 0 aliphatic heterocycles. The molecule has 0 aliphatic rings. The smallest absolute Gasteiger partial charge is 0.134 e. The van der Waals surface area contributed by atoms with Gasteiger partial charge in [-0.2, -0.15) is 0 Å². The minimum absolute atomic E-state index is 0.921. The lowest BCUT2D eigenvalue weighted by Gasteiger charge is -2.01. The van der Waals surface area contributed by atoms with Crippen LogP contribution in [0.4, 0.5) is 0 Å². The summed E-state index contributed by atoms with van der Waals surface area (Å²) in [6.45, 7) is 0. The SMILES string of the molecule is [c]1ccccc1-c1cccc2occc12. The molecule has 1 heterocycles. The van der Waals surface area contributed by atoms with E-state index in [4.69, 9.17) is 4.42 Å². The summed E-state index contributed by atoms with van der Waals surface area (Å²) in [6, 6.07) is 19.3. The van der Waals surface area contributed by atoms with E-state index in [1.54, 1.807) is 6.26 Å². The second-order valence-corrected chi connectivity index (χ2v) is 3.41. The third-order valence-electron chi connectivity index (χ3n) is 2.50. The highest BCUT2D eigenvalue weighted by Crippen LogP contribution is 2.28.